The minimum absolute atomic E-state index is 0.495. The summed E-state index contributed by atoms with van der Waals surface area (Å²) in [6.07, 6.45) is 1.66. The lowest BCUT2D eigenvalue weighted by molar-refractivity contribution is 0.392. The summed E-state index contributed by atoms with van der Waals surface area (Å²) in [7, 11) is 0. The molecule has 0 saturated heterocycles. The van der Waals surface area contributed by atoms with Gasteiger partial charge >= 0.3 is 0 Å². The van der Waals surface area contributed by atoms with Gasteiger partial charge in [-0.1, -0.05) is 5.16 Å². The molecule has 0 spiro atoms. The molecule has 0 radical (unpaired) electrons. The summed E-state index contributed by atoms with van der Waals surface area (Å²) in [6, 6.07) is 3.73. The second kappa shape index (κ2) is 4.22. The summed E-state index contributed by atoms with van der Waals surface area (Å²) in [5.41, 5.74) is 8.50. The van der Waals surface area contributed by atoms with Crippen molar-refractivity contribution >= 4 is 11.5 Å². The molecule has 0 amide bonds. The van der Waals surface area contributed by atoms with Gasteiger partial charge in [0.05, 0.1) is 11.4 Å². The number of nitrogens with one attached hydrogen (secondary N) is 1. The number of nitrogens with two attached hydrogens (primary N) is 1. The van der Waals surface area contributed by atoms with Crippen LogP contribution in [-0.4, -0.2) is 10.1 Å². The SMILES string of the molecule is Cc1noc(C)c1CNc1cccnc1N. The lowest BCUT2D eigenvalue weighted by Gasteiger charge is -2.07. The molecule has 0 bridgehead atoms. The van der Waals surface area contributed by atoms with E-state index in [2.05, 4.69) is 15.5 Å². The molecule has 16 heavy (non-hydrogen) atoms. The van der Waals surface area contributed by atoms with Crippen LogP contribution in [0, 0.1) is 13.8 Å². The first-order chi connectivity index (χ1) is 7.68. The topological polar surface area (TPSA) is 77.0 Å². The molecule has 2 aromatic rings. The minimum Gasteiger partial charge on any atom is -0.382 e. The van der Waals surface area contributed by atoms with Gasteiger partial charge in [0.1, 0.15) is 11.6 Å². The fourth-order valence-corrected chi connectivity index (χ4v) is 1.50. The zero-order chi connectivity index (χ0) is 11.5. The molecule has 0 aromatic carbocycles. The standard InChI is InChI=1S/C11H14N4O/c1-7-9(8(2)16-15-7)6-14-10-4-3-5-13-11(10)12/h3-5,14H,6H2,1-2H3,(H2,12,13). The second-order valence-corrected chi connectivity index (χ2v) is 3.59. The number of aryl methyl sites for hydroxylation is 2. The fraction of sp³-hybridized carbons (Fsp3) is 0.273. The smallest absolute Gasteiger partial charge is 0.146 e. The van der Waals surface area contributed by atoms with Gasteiger partial charge < -0.3 is 15.6 Å². The number of pyridine rings is 1. The van der Waals surface area contributed by atoms with Crippen LogP contribution in [0.1, 0.15) is 17.0 Å². The third-order valence-electron chi connectivity index (χ3n) is 2.48. The zero-order valence-corrected chi connectivity index (χ0v) is 9.32. The molecule has 0 aliphatic carbocycles. The molecule has 0 aliphatic rings. The average molecular weight is 218 g/mol. The van der Waals surface area contributed by atoms with Crippen LogP contribution in [0.3, 0.4) is 0 Å². The first-order valence-corrected chi connectivity index (χ1v) is 5.04. The lowest BCUT2D eigenvalue weighted by atomic mass is 10.2. The van der Waals surface area contributed by atoms with Gasteiger partial charge in [-0.25, -0.2) is 4.98 Å². The predicted molar refractivity (Wildman–Crippen MR) is 62.0 cm³/mol. The highest BCUT2D eigenvalue weighted by molar-refractivity contribution is 5.61. The van der Waals surface area contributed by atoms with Gasteiger partial charge in [-0.2, -0.15) is 0 Å². The third kappa shape index (κ3) is 1.98. The van der Waals surface area contributed by atoms with E-state index in [1.54, 1.807) is 6.20 Å². The molecule has 5 heteroatoms. The van der Waals surface area contributed by atoms with Gasteiger partial charge in [0, 0.05) is 18.3 Å². The maximum atomic E-state index is 5.72. The summed E-state index contributed by atoms with van der Waals surface area (Å²) in [6.45, 7) is 4.45. The van der Waals surface area contributed by atoms with E-state index in [1.165, 1.54) is 0 Å². The van der Waals surface area contributed by atoms with E-state index in [0.29, 0.717) is 12.4 Å². The van der Waals surface area contributed by atoms with Crippen molar-refractivity contribution < 1.29 is 4.52 Å². The van der Waals surface area contributed by atoms with Crippen molar-refractivity contribution in [2.45, 2.75) is 20.4 Å². The van der Waals surface area contributed by atoms with Crippen LogP contribution in [-0.2, 0) is 6.54 Å². The summed E-state index contributed by atoms with van der Waals surface area (Å²) < 4.78 is 5.08. The molecular weight excluding hydrogens is 204 g/mol. The Bertz CT molecular complexity index is 473. The molecule has 84 valence electrons. The van der Waals surface area contributed by atoms with Crippen LogP contribution < -0.4 is 11.1 Å². The molecule has 0 unspecified atom stereocenters. The normalized spacial score (nSPS) is 10.4. The molecule has 2 rings (SSSR count). The van der Waals surface area contributed by atoms with Crippen molar-refractivity contribution in [3.05, 3.63) is 35.3 Å². The van der Waals surface area contributed by atoms with Crippen LogP contribution in [0.25, 0.3) is 0 Å². The maximum Gasteiger partial charge on any atom is 0.146 e. The Balaban J connectivity index is 2.11. The quantitative estimate of drug-likeness (QED) is 0.822. The highest BCUT2D eigenvalue weighted by Gasteiger charge is 2.08. The summed E-state index contributed by atoms with van der Waals surface area (Å²) in [4.78, 5) is 4.00. The zero-order valence-electron chi connectivity index (χ0n) is 9.32. The summed E-state index contributed by atoms with van der Waals surface area (Å²) in [5.74, 6) is 1.32. The van der Waals surface area contributed by atoms with Crippen LogP contribution in [0.2, 0.25) is 0 Å². The molecule has 2 aromatic heterocycles. The molecular formula is C11H14N4O. The molecule has 5 nitrogen and oxygen atoms in total. The van der Waals surface area contributed by atoms with Gasteiger partial charge in [0.25, 0.3) is 0 Å². The number of nitrogen functional groups attached to an aromatic ring is 1. The second-order valence-electron chi connectivity index (χ2n) is 3.59. The molecule has 3 N–H and O–H groups in total. The molecule has 0 saturated carbocycles. The Morgan fingerprint density at radius 1 is 1.44 bits per heavy atom. The number of anilines is 2. The summed E-state index contributed by atoms with van der Waals surface area (Å²) >= 11 is 0. The van der Waals surface area contributed by atoms with E-state index in [4.69, 9.17) is 10.3 Å². The van der Waals surface area contributed by atoms with Crippen LogP contribution in [0.4, 0.5) is 11.5 Å². The van der Waals surface area contributed by atoms with Crippen LogP contribution >= 0.6 is 0 Å². The number of aromatic nitrogens is 2. The van der Waals surface area contributed by atoms with E-state index in [0.717, 1.165) is 22.7 Å². The Morgan fingerprint density at radius 2 is 2.25 bits per heavy atom. The van der Waals surface area contributed by atoms with Gasteiger partial charge in [0.2, 0.25) is 0 Å². The van der Waals surface area contributed by atoms with Gasteiger partial charge in [0.15, 0.2) is 0 Å². The minimum atomic E-state index is 0.495. The lowest BCUT2D eigenvalue weighted by Crippen LogP contribution is -2.04. The van der Waals surface area contributed by atoms with E-state index < -0.39 is 0 Å². The fourth-order valence-electron chi connectivity index (χ4n) is 1.50. The van der Waals surface area contributed by atoms with Crippen LogP contribution in [0.5, 0.6) is 0 Å². The van der Waals surface area contributed by atoms with Crippen molar-refractivity contribution in [1.29, 1.82) is 0 Å². The van der Waals surface area contributed by atoms with E-state index in [1.807, 2.05) is 26.0 Å². The highest BCUT2D eigenvalue weighted by atomic mass is 16.5. The van der Waals surface area contributed by atoms with Crippen LogP contribution in [0.15, 0.2) is 22.9 Å². The van der Waals surface area contributed by atoms with Gasteiger partial charge in [-0.15, -0.1) is 0 Å². The first kappa shape index (κ1) is 10.5. The van der Waals surface area contributed by atoms with E-state index in [-0.39, 0.29) is 0 Å². The van der Waals surface area contributed by atoms with Crippen molar-refractivity contribution in [2.75, 3.05) is 11.1 Å². The largest absolute Gasteiger partial charge is 0.382 e. The molecule has 0 aliphatic heterocycles. The average Bonchev–Trinajstić information content (AvgIpc) is 2.58. The van der Waals surface area contributed by atoms with Crippen molar-refractivity contribution in [3.63, 3.8) is 0 Å². The number of rotatable bonds is 3. The number of hydrogen-bond acceptors (Lipinski definition) is 5. The first-order valence-electron chi connectivity index (χ1n) is 5.04. The number of nitrogens with zero attached hydrogens (tertiary/aromatic N) is 2. The van der Waals surface area contributed by atoms with Crippen molar-refractivity contribution in [3.8, 4) is 0 Å². The number of hydrogen-bond donors (Lipinski definition) is 2. The highest BCUT2D eigenvalue weighted by Crippen LogP contribution is 2.18. The molecule has 0 fully saturated rings. The van der Waals surface area contributed by atoms with Gasteiger partial charge in [-0.05, 0) is 26.0 Å². The maximum absolute atomic E-state index is 5.72. The third-order valence-corrected chi connectivity index (χ3v) is 2.48. The van der Waals surface area contributed by atoms with E-state index in [9.17, 15) is 0 Å². The van der Waals surface area contributed by atoms with E-state index >= 15 is 0 Å². The Labute approximate surface area is 93.7 Å². The Kier molecular flexibility index (Phi) is 2.76. The Hall–Kier alpha value is -2.04. The molecule has 0 atom stereocenters. The van der Waals surface area contributed by atoms with Crippen molar-refractivity contribution in [1.82, 2.24) is 10.1 Å². The van der Waals surface area contributed by atoms with Gasteiger partial charge in [-0.3, -0.25) is 0 Å². The predicted octanol–water partition coefficient (Wildman–Crippen LogP) is 1.88. The monoisotopic (exact) mass is 218 g/mol. The Morgan fingerprint density at radius 3 is 2.88 bits per heavy atom. The van der Waals surface area contributed by atoms with Crippen molar-refractivity contribution in [2.24, 2.45) is 0 Å². The summed E-state index contributed by atoms with van der Waals surface area (Å²) in [5, 5.41) is 7.10. The molecule has 2 heterocycles.